The van der Waals surface area contributed by atoms with Crippen molar-refractivity contribution in [1.29, 1.82) is 0 Å². The fourth-order valence-electron chi connectivity index (χ4n) is 5.74. The van der Waals surface area contributed by atoms with Crippen molar-refractivity contribution in [2.45, 2.75) is 219 Å². The zero-order valence-electron chi connectivity index (χ0n) is 31.0. The van der Waals surface area contributed by atoms with Gasteiger partial charge in [-0.05, 0) is 12.8 Å². The number of hydrogen-bond acceptors (Lipinski definition) is 6. The van der Waals surface area contributed by atoms with Gasteiger partial charge in [0.2, 0.25) is 0 Å². The van der Waals surface area contributed by atoms with Gasteiger partial charge in [0, 0.05) is 24.3 Å². The predicted octanol–water partition coefficient (Wildman–Crippen LogP) is 12.5. The maximum atomic E-state index is 11.3. The summed E-state index contributed by atoms with van der Waals surface area (Å²) in [4.78, 5) is 22.6. The molecule has 7 heteroatoms. The van der Waals surface area contributed by atoms with Crippen LogP contribution < -0.4 is 0 Å². The molecular weight excluding hydrogens is 746 g/mol. The van der Waals surface area contributed by atoms with Crippen LogP contribution in [0, 0.1) is 0 Å². The van der Waals surface area contributed by atoms with Crippen LogP contribution in [0.2, 0.25) is 0 Å². The monoisotopic (exact) mass is 828 g/mol. The molecule has 0 unspecified atom stereocenters. The second-order valence-corrected chi connectivity index (χ2v) is 14.2. The predicted molar refractivity (Wildman–Crippen MR) is 217 cm³/mol. The van der Waals surface area contributed by atoms with E-state index in [1.54, 1.807) is 0 Å². The zero-order valence-corrected chi connectivity index (χ0v) is 32.8. The van der Waals surface area contributed by atoms with E-state index in [0.29, 0.717) is 37.6 Å². The molecule has 0 aromatic rings. The van der Waals surface area contributed by atoms with Crippen LogP contribution in [-0.4, -0.2) is 85.5 Å². The number of carbonyl (C=O) groups excluding carboxylic acids is 2. The van der Waals surface area contributed by atoms with Gasteiger partial charge < -0.3 is 9.47 Å². The standard InChI is InChI=1S/2C20H40O2S.Ba.2H/c2*1-2-3-4-5-6-7-8-9-10-11-12-13-14-15-16-17-20(21)22-18-19-23;;;/h2*23H,2-19H2,1H3;;;. The second kappa shape index (κ2) is 49.3. The van der Waals surface area contributed by atoms with Crippen LogP contribution in [0.3, 0.4) is 0 Å². The summed E-state index contributed by atoms with van der Waals surface area (Å²) in [5.74, 6) is 1.11. The van der Waals surface area contributed by atoms with Crippen molar-refractivity contribution in [2.24, 2.45) is 0 Å². The first kappa shape index (κ1) is 52.6. The molecule has 47 heavy (non-hydrogen) atoms. The van der Waals surface area contributed by atoms with Gasteiger partial charge in [-0.3, -0.25) is 9.59 Å². The average Bonchev–Trinajstić information content (AvgIpc) is 3.06. The van der Waals surface area contributed by atoms with Crippen molar-refractivity contribution in [3.8, 4) is 0 Å². The summed E-state index contributed by atoms with van der Waals surface area (Å²) in [7, 11) is 0. The Balaban J connectivity index is -0.000000807. The number of ether oxygens (including phenoxy) is 2. The number of rotatable bonds is 36. The molecule has 0 aliphatic rings. The molecule has 0 aliphatic heterocycles. The number of unbranched alkanes of at least 4 members (excludes halogenated alkanes) is 28. The minimum atomic E-state index is -0.0613. The van der Waals surface area contributed by atoms with Crippen molar-refractivity contribution in [1.82, 2.24) is 0 Å². The molecule has 0 rings (SSSR count). The fourth-order valence-corrected chi connectivity index (χ4v) is 5.93. The summed E-state index contributed by atoms with van der Waals surface area (Å²) >= 11 is 8.04. The minimum absolute atomic E-state index is 0. The first-order valence-electron chi connectivity index (χ1n) is 20.1. The van der Waals surface area contributed by atoms with E-state index in [9.17, 15) is 9.59 Å². The van der Waals surface area contributed by atoms with E-state index < -0.39 is 0 Å². The topological polar surface area (TPSA) is 52.6 Å². The van der Waals surface area contributed by atoms with Gasteiger partial charge >= 0.3 is 60.8 Å². The van der Waals surface area contributed by atoms with Crippen LogP contribution in [0.1, 0.15) is 219 Å². The number of hydrogen-bond donors (Lipinski definition) is 2. The van der Waals surface area contributed by atoms with Crippen molar-refractivity contribution < 1.29 is 19.1 Å². The van der Waals surface area contributed by atoms with Crippen molar-refractivity contribution in [3.63, 3.8) is 0 Å². The molecule has 0 atom stereocenters. The zero-order chi connectivity index (χ0) is 34.0. The number of esters is 2. The van der Waals surface area contributed by atoms with Crippen molar-refractivity contribution >= 4 is 86.1 Å². The summed E-state index contributed by atoms with van der Waals surface area (Å²) in [5, 5.41) is 0. The van der Waals surface area contributed by atoms with Gasteiger partial charge in [-0.15, -0.1) is 0 Å². The van der Waals surface area contributed by atoms with E-state index >= 15 is 0 Å². The van der Waals surface area contributed by atoms with E-state index in [2.05, 4.69) is 39.1 Å². The summed E-state index contributed by atoms with van der Waals surface area (Å²) in [6.07, 6.45) is 41.6. The van der Waals surface area contributed by atoms with E-state index in [-0.39, 0.29) is 60.8 Å². The van der Waals surface area contributed by atoms with E-state index in [0.717, 1.165) is 25.7 Å². The molecule has 0 aromatic heterocycles. The fraction of sp³-hybridized carbons (Fsp3) is 0.950. The summed E-state index contributed by atoms with van der Waals surface area (Å²) in [5.41, 5.74) is 0. The Hall–Kier alpha value is 1.21. The van der Waals surface area contributed by atoms with Crippen molar-refractivity contribution in [3.05, 3.63) is 0 Å². The van der Waals surface area contributed by atoms with Crippen LogP contribution in [0.4, 0.5) is 0 Å². The average molecular weight is 829 g/mol. The van der Waals surface area contributed by atoms with Crippen LogP contribution in [0.15, 0.2) is 0 Å². The van der Waals surface area contributed by atoms with Crippen LogP contribution in [0.25, 0.3) is 0 Å². The molecule has 0 bridgehead atoms. The first-order valence-corrected chi connectivity index (χ1v) is 21.4. The first-order chi connectivity index (χ1) is 22.6. The summed E-state index contributed by atoms with van der Waals surface area (Å²) < 4.78 is 9.99. The van der Waals surface area contributed by atoms with Crippen LogP contribution in [-0.2, 0) is 19.1 Å². The van der Waals surface area contributed by atoms with Gasteiger partial charge in [0.05, 0.1) is 0 Å². The third-order valence-corrected chi connectivity index (χ3v) is 9.04. The SMILES string of the molecule is CCCCCCCCCCCCCCCCCC(=O)OCCS.CCCCCCCCCCCCCCCCCC(=O)OCCS.[BaH2]. The molecule has 0 saturated heterocycles. The van der Waals surface area contributed by atoms with Crippen LogP contribution >= 0.6 is 25.3 Å². The molecule has 0 amide bonds. The molecule has 0 spiro atoms. The summed E-state index contributed by atoms with van der Waals surface area (Å²) in [6.45, 7) is 5.44. The van der Waals surface area contributed by atoms with Crippen molar-refractivity contribution in [2.75, 3.05) is 24.7 Å². The third-order valence-electron chi connectivity index (χ3n) is 8.68. The third kappa shape index (κ3) is 51.7. The normalized spacial score (nSPS) is 10.6. The van der Waals surface area contributed by atoms with Crippen LogP contribution in [0.5, 0.6) is 0 Å². The molecular formula is C40H82BaO4S2. The van der Waals surface area contributed by atoms with Gasteiger partial charge in [-0.1, -0.05) is 194 Å². The van der Waals surface area contributed by atoms with E-state index in [4.69, 9.17) is 9.47 Å². The molecule has 0 aromatic carbocycles. The second-order valence-electron chi connectivity index (χ2n) is 13.3. The molecule has 0 N–H and O–H groups in total. The van der Waals surface area contributed by atoms with Gasteiger partial charge in [0.15, 0.2) is 0 Å². The Labute approximate surface area is 345 Å². The molecule has 0 heterocycles. The summed E-state index contributed by atoms with van der Waals surface area (Å²) in [6, 6.07) is 0. The number of carbonyl (C=O) groups is 2. The quantitative estimate of drug-likeness (QED) is 0.0286. The Morgan fingerprint density at radius 2 is 0.553 bits per heavy atom. The van der Waals surface area contributed by atoms with E-state index in [1.165, 1.54) is 167 Å². The molecule has 0 aliphatic carbocycles. The molecule has 280 valence electrons. The Kier molecular flexibility index (Phi) is 55.2. The van der Waals surface area contributed by atoms with Gasteiger partial charge in [0.1, 0.15) is 13.2 Å². The van der Waals surface area contributed by atoms with Gasteiger partial charge in [-0.2, -0.15) is 25.3 Å². The van der Waals surface area contributed by atoms with E-state index in [1.807, 2.05) is 0 Å². The number of thiol groups is 2. The molecule has 0 saturated carbocycles. The Morgan fingerprint density at radius 1 is 0.362 bits per heavy atom. The maximum absolute atomic E-state index is 11.3. The molecule has 0 fully saturated rings. The Morgan fingerprint density at radius 3 is 0.745 bits per heavy atom. The molecule has 0 radical (unpaired) electrons. The molecule has 4 nitrogen and oxygen atoms in total. The Bertz CT molecular complexity index is 545. The van der Waals surface area contributed by atoms with Gasteiger partial charge in [0.25, 0.3) is 0 Å². The van der Waals surface area contributed by atoms with Gasteiger partial charge in [-0.25, -0.2) is 0 Å².